The maximum atomic E-state index is 12.4. The van der Waals surface area contributed by atoms with Crippen molar-refractivity contribution in [2.45, 2.75) is 18.8 Å². The summed E-state index contributed by atoms with van der Waals surface area (Å²) < 4.78 is 2.29. The van der Waals surface area contributed by atoms with Gasteiger partial charge in [0.15, 0.2) is 5.82 Å². The topological polar surface area (TPSA) is 71.8 Å². The largest absolute Gasteiger partial charge is 0.317 e. The van der Waals surface area contributed by atoms with Crippen LogP contribution in [0.25, 0.3) is 0 Å². The number of aromatic nitrogens is 3. The number of hydrogen-bond donors (Lipinski definition) is 2. The monoisotopic (exact) mass is 433 g/mol. The second-order valence-corrected chi connectivity index (χ2v) is 6.81. The van der Waals surface area contributed by atoms with E-state index in [4.69, 9.17) is 11.6 Å². The van der Waals surface area contributed by atoms with E-state index in [0.717, 1.165) is 31.8 Å². The number of piperidine rings is 1. The predicted molar refractivity (Wildman–Crippen MR) is 100 cm³/mol. The second-order valence-electron chi connectivity index (χ2n) is 5.52. The van der Waals surface area contributed by atoms with Gasteiger partial charge in [0.05, 0.1) is 5.56 Å². The summed E-state index contributed by atoms with van der Waals surface area (Å²) in [4.78, 5) is 16.9. The number of anilines is 1. The Morgan fingerprint density at radius 2 is 2.12 bits per heavy atom. The van der Waals surface area contributed by atoms with E-state index >= 15 is 0 Å². The smallest absolute Gasteiger partial charge is 0.259 e. The maximum absolute atomic E-state index is 12.4. The van der Waals surface area contributed by atoms with Crippen LogP contribution in [0.4, 0.5) is 5.95 Å². The summed E-state index contributed by atoms with van der Waals surface area (Å²) in [7, 11) is 1.78. The Morgan fingerprint density at radius 3 is 2.83 bits per heavy atom. The van der Waals surface area contributed by atoms with Gasteiger partial charge in [-0.3, -0.25) is 10.1 Å². The van der Waals surface area contributed by atoms with Gasteiger partial charge in [-0.05, 0) is 60.1 Å². The molecule has 0 spiro atoms. The van der Waals surface area contributed by atoms with Crippen molar-refractivity contribution >= 4 is 51.8 Å². The van der Waals surface area contributed by atoms with Crippen LogP contribution in [0.5, 0.6) is 0 Å². The van der Waals surface area contributed by atoms with Crippen molar-refractivity contribution in [3.63, 3.8) is 0 Å². The van der Waals surface area contributed by atoms with E-state index in [1.54, 1.807) is 29.9 Å². The molecule has 2 aromatic rings. The molecule has 6 nitrogen and oxygen atoms in total. The Balaban J connectivity index is 0.00000208. The van der Waals surface area contributed by atoms with Gasteiger partial charge < -0.3 is 5.32 Å². The number of aryl methyl sites for hydroxylation is 1. The molecule has 1 aliphatic heterocycles. The second kappa shape index (κ2) is 8.29. The first kappa shape index (κ1) is 19.2. The molecule has 0 unspecified atom stereocenters. The summed E-state index contributed by atoms with van der Waals surface area (Å²) in [5, 5.41) is 11.1. The molecule has 0 atom stereocenters. The molecule has 2 N–H and O–H groups in total. The lowest BCUT2D eigenvalue weighted by atomic mass is 9.98. The zero-order valence-corrected chi connectivity index (χ0v) is 16.2. The van der Waals surface area contributed by atoms with Gasteiger partial charge in [-0.2, -0.15) is 10.1 Å². The van der Waals surface area contributed by atoms with E-state index in [1.165, 1.54) is 0 Å². The molecule has 0 aliphatic carbocycles. The summed E-state index contributed by atoms with van der Waals surface area (Å²) >= 11 is 9.32. The standard InChI is InChI=1S/C15H17BrClN5O.ClH/c1-22-15(19-13(21-22)9-4-6-18-7-5-9)20-14(23)11-8-10(17)2-3-12(11)16;/h2-3,8-9,18H,4-7H2,1H3,(H,19,20,21,23);1H. The number of rotatable bonds is 3. The van der Waals surface area contributed by atoms with Crippen LogP contribution in [0.15, 0.2) is 22.7 Å². The molecule has 1 aliphatic rings. The van der Waals surface area contributed by atoms with Crippen LogP contribution in [0.2, 0.25) is 5.02 Å². The number of carbonyl (C=O) groups is 1. The number of halogens is 3. The molecule has 1 fully saturated rings. The van der Waals surface area contributed by atoms with Gasteiger partial charge in [0, 0.05) is 22.5 Å². The summed E-state index contributed by atoms with van der Waals surface area (Å²) in [6.07, 6.45) is 2.02. The van der Waals surface area contributed by atoms with Gasteiger partial charge in [-0.25, -0.2) is 4.68 Å². The number of amides is 1. The Hall–Kier alpha value is -1.15. The summed E-state index contributed by atoms with van der Waals surface area (Å²) in [6, 6.07) is 5.08. The van der Waals surface area contributed by atoms with E-state index in [0.29, 0.717) is 26.9 Å². The third-order valence-corrected chi connectivity index (χ3v) is 4.81. The van der Waals surface area contributed by atoms with Crippen LogP contribution in [-0.4, -0.2) is 33.8 Å². The molecule has 2 heterocycles. The molecule has 1 aromatic carbocycles. The van der Waals surface area contributed by atoms with Crippen LogP contribution in [0.3, 0.4) is 0 Å². The number of nitrogens with one attached hydrogen (secondary N) is 2. The Kier molecular flexibility index (Phi) is 6.62. The first-order chi connectivity index (χ1) is 11.0. The normalized spacial score (nSPS) is 15.0. The lowest BCUT2D eigenvalue weighted by Gasteiger charge is -2.19. The van der Waals surface area contributed by atoms with Crippen LogP contribution in [0, 0.1) is 0 Å². The van der Waals surface area contributed by atoms with Crippen LogP contribution in [-0.2, 0) is 7.05 Å². The highest BCUT2D eigenvalue weighted by Crippen LogP contribution is 2.25. The fraction of sp³-hybridized carbons (Fsp3) is 0.400. The van der Waals surface area contributed by atoms with Gasteiger partial charge in [0.2, 0.25) is 5.95 Å². The molecule has 9 heteroatoms. The van der Waals surface area contributed by atoms with Crippen molar-refractivity contribution in [1.29, 1.82) is 0 Å². The lowest BCUT2D eigenvalue weighted by Crippen LogP contribution is -2.27. The highest BCUT2D eigenvalue weighted by molar-refractivity contribution is 9.10. The Morgan fingerprint density at radius 1 is 1.42 bits per heavy atom. The minimum absolute atomic E-state index is 0. The van der Waals surface area contributed by atoms with Gasteiger partial charge in [-0.15, -0.1) is 12.4 Å². The van der Waals surface area contributed by atoms with Crippen molar-refractivity contribution in [2.24, 2.45) is 7.05 Å². The maximum Gasteiger partial charge on any atom is 0.259 e. The van der Waals surface area contributed by atoms with Crippen molar-refractivity contribution in [1.82, 2.24) is 20.1 Å². The summed E-state index contributed by atoms with van der Waals surface area (Å²) in [6.45, 7) is 1.94. The molecule has 0 radical (unpaired) electrons. The van der Waals surface area contributed by atoms with E-state index in [1.807, 2.05) is 0 Å². The summed E-state index contributed by atoms with van der Waals surface area (Å²) in [5.74, 6) is 1.29. The summed E-state index contributed by atoms with van der Waals surface area (Å²) in [5.41, 5.74) is 0.462. The van der Waals surface area contributed by atoms with E-state index in [-0.39, 0.29) is 18.3 Å². The first-order valence-electron chi connectivity index (χ1n) is 7.42. The highest BCUT2D eigenvalue weighted by Gasteiger charge is 2.22. The van der Waals surface area contributed by atoms with Crippen molar-refractivity contribution in [3.05, 3.63) is 39.1 Å². The molecule has 1 aromatic heterocycles. The SMILES string of the molecule is Cl.Cn1nc(C2CCNCC2)nc1NC(=O)c1cc(Cl)ccc1Br. The number of benzene rings is 1. The van der Waals surface area contributed by atoms with Gasteiger partial charge in [0.25, 0.3) is 5.91 Å². The number of hydrogen-bond acceptors (Lipinski definition) is 4. The Bertz CT molecular complexity index is 731. The number of nitrogens with zero attached hydrogens (tertiary/aromatic N) is 3. The van der Waals surface area contributed by atoms with Gasteiger partial charge in [0.1, 0.15) is 0 Å². The van der Waals surface area contributed by atoms with Gasteiger partial charge >= 0.3 is 0 Å². The van der Waals surface area contributed by atoms with Crippen molar-refractivity contribution in [3.8, 4) is 0 Å². The molecule has 0 bridgehead atoms. The third-order valence-electron chi connectivity index (χ3n) is 3.88. The van der Waals surface area contributed by atoms with E-state index < -0.39 is 0 Å². The molecule has 0 saturated carbocycles. The molecule has 3 rings (SSSR count). The molecular weight excluding hydrogens is 417 g/mol. The highest BCUT2D eigenvalue weighted by atomic mass is 79.9. The average Bonchev–Trinajstić information content (AvgIpc) is 2.91. The zero-order chi connectivity index (χ0) is 16.4. The molecule has 1 amide bonds. The zero-order valence-electron chi connectivity index (χ0n) is 13.1. The third kappa shape index (κ3) is 4.27. The number of carbonyl (C=O) groups excluding carboxylic acids is 1. The minimum atomic E-state index is -0.272. The molecule has 24 heavy (non-hydrogen) atoms. The molecule has 130 valence electrons. The lowest BCUT2D eigenvalue weighted by molar-refractivity contribution is 0.102. The predicted octanol–water partition coefficient (Wildman–Crippen LogP) is 3.37. The fourth-order valence-corrected chi connectivity index (χ4v) is 3.21. The molecule has 1 saturated heterocycles. The van der Waals surface area contributed by atoms with E-state index in [2.05, 4.69) is 36.6 Å². The van der Waals surface area contributed by atoms with E-state index in [9.17, 15) is 4.79 Å². The van der Waals surface area contributed by atoms with Crippen molar-refractivity contribution in [2.75, 3.05) is 18.4 Å². The minimum Gasteiger partial charge on any atom is -0.317 e. The van der Waals surface area contributed by atoms with Crippen LogP contribution < -0.4 is 10.6 Å². The quantitative estimate of drug-likeness (QED) is 0.776. The van der Waals surface area contributed by atoms with Crippen LogP contribution in [0.1, 0.15) is 34.9 Å². The first-order valence-corrected chi connectivity index (χ1v) is 8.60. The van der Waals surface area contributed by atoms with Crippen LogP contribution >= 0.6 is 39.9 Å². The Labute approximate surface area is 159 Å². The van der Waals surface area contributed by atoms with Crippen molar-refractivity contribution < 1.29 is 4.79 Å². The molecular formula is C15H18BrCl2N5O. The fourth-order valence-electron chi connectivity index (χ4n) is 2.61. The van der Waals surface area contributed by atoms with Gasteiger partial charge in [-0.1, -0.05) is 11.6 Å². The average molecular weight is 435 g/mol.